The van der Waals surface area contributed by atoms with Crippen LogP contribution in [-0.4, -0.2) is 73.4 Å². The third kappa shape index (κ3) is 34.7. The largest absolute Gasteiger partial charge is 0.472 e. The average Bonchev–Trinajstić information content (AvgIpc) is 3.04. The van der Waals surface area contributed by atoms with Crippen LogP contribution >= 0.6 is 7.82 Å². The molecule has 0 aliphatic rings. The molecular weight excluding hydrogens is 635 g/mol. The van der Waals surface area contributed by atoms with Crippen molar-refractivity contribution in [3.05, 3.63) is 48.6 Å². The lowest BCUT2D eigenvalue weighted by Gasteiger charge is -2.25. The van der Waals surface area contributed by atoms with Crippen LogP contribution < -0.4 is 5.32 Å². The van der Waals surface area contributed by atoms with E-state index < -0.39 is 20.0 Å². The molecule has 49 heavy (non-hydrogen) atoms. The topological polar surface area (TPSA) is 105 Å². The second-order valence-electron chi connectivity index (χ2n) is 14.3. The van der Waals surface area contributed by atoms with Gasteiger partial charge in [0.05, 0.1) is 39.9 Å². The van der Waals surface area contributed by atoms with Crippen LogP contribution in [0.15, 0.2) is 48.6 Å². The van der Waals surface area contributed by atoms with E-state index in [1.54, 1.807) is 6.08 Å². The molecule has 8 nitrogen and oxygen atoms in total. The molecule has 0 aliphatic carbocycles. The smallest absolute Gasteiger partial charge is 0.387 e. The number of phosphoric ester groups is 1. The SMILES string of the molecule is CC/C=C\C/C=C\C/C=C\CCCCCC(=O)NC(COP(=O)(O)OCC[N+](C)(C)C)C(O)/C=C/CCCCCCCCCCCCCC. The first-order valence-corrected chi connectivity index (χ1v) is 21.0. The van der Waals surface area contributed by atoms with E-state index in [0.717, 1.165) is 64.2 Å². The van der Waals surface area contributed by atoms with E-state index in [2.05, 4.69) is 55.6 Å². The number of likely N-dealkylation sites (N-methyl/N-ethyl adjacent to an activating group) is 1. The third-order valence-electron chi connectivity index (χ3n) is 8.30. The van der Waals surface area contributed by atoms with Crippen LogP contribution in [0.1, 0.15) is 149 Å². The fourth-order valence-corrected chi connectivity index (χ4v) is 5.91. The van der Waals surface area contributed by atoms with Crippen LogP contribution in [0.3, 0.4) is 0 Å². The Bertz CT molecular complexity index is 944. The molecule has 0 aromatic carbocycles. The monoisotopic (exact) mass is 712 g/mol. The second-order valence-corrected chi connectivity index (χ2v) is 15.7. The molecule has 0 spiro atoms. The zero-order valence-corrected chi connectivity index (χ0v) is 33.1. The van der Waals surface area contributed by atoms with Crippen molar-refractivity contribution >= 4 is 13.7 Å². The molecule has 0 aromatic heterocycles. The number of nitrogens with zero attached hydrogens (tertiary/aromatic N) is 1. The number of aliphatic hydroxyl groups excluding tert-OH is 1. The molecule has 0 aromatic rings. The zero-order chi connectivity index (χ0) is 36.5. The lowest BCUT2D eigenvalue weighted by molar-refractivity contribution is -0.870. The standard InChI is InChI=1S/C40H75N2O6P/c1-6-8-10-12-14-16-18-20-22-23-25-27-29-31-33-39(43)38(37-48-49(45,46)47-36-35-42(3,4)5)41-40(44)34-32-30-28-26-24-21-19-17-15-13-11-9-7-2/h9,11,15,17,21,24,31,33,38-39,43H,6-8,10,12-14,16,18-20,22-23,25-30,32,34-37H2,1-5H3,(H-,41,44,45,46)/p+1/b11-9-,17-15-,24-21-,33-31+. The van der Waals surface area contributed by atoms with Gasteiger partial charge in [-0.3, -0.25) is 13.8 Å². The van der Waals surface area contributed by atoms with Crippen LogP contribution in [0, 0.1) is 0 Å². The molecule has 0 bridgehead atoms. The summed E-state index contributed by atoms with van der Waals surface area (Å²) in [6.07, 6.45) is 38.9. The van der Waals surface area contributed by atoms with Gasteiger partial charge in [0.15, 0.2) is 0 Å². The number of aliphatic hydroxyl groups is 1. The van der Waals surface area contributed by atoms with Gasteiger partial charge in [0.25, 0.3) is 0 Å². The summed E-state index contributed by atoms with van der Waals surface area (Å²) in [5, 5.41) is 13.7. The first-order chi connectivity index (χ1) is 23.5. The summed E-state index contributed by atoms with van der Waals surface area (Å²) in [7, 11) is 1.54. The molecule has 0 fully saturated rings. The molecule has 3 atom stereocenters. The quantitative estimate of drug-likeness (QED) is 0.0266. The molecule has 0 rings (SSSR count). The van der Waals surface area contributed by atoms with Gasteiger partial charge in [-0.15, -0.1) is 0 Å². The Kier molecular flexibility index (Phi) is 31.4. The highest BCUT2D eigenvalue weighted by Crippen LogP contribution is 2.43. The van der Waals surface area contributed by atoms with Crippen LogP contribution in [-0.2, 0) is 18.4 Å². The van der Waals surface area contributed by atoms with Crippen LogP contribution in [0.25, 0.3) is 0 Å². The van der Waals surface area contributed by atoms with Crippen molar-refractivity contribution in [3.8, 4) is 0 Å². The summed E-state index contributed by atoms with van der Waals surface area (Å²) in [5.74, 6) is -0.210. The van der Waals surface area contributed by atoms with Crippen LogP contribution in [0.4, 0.5) is 0 Å². The van der Waals surface area contributed by atoms with Crippen molar-refractivity contribution in [1.82, 2.24) is 5.32 Å². The number of carbonyl (C=O) groups excluding carboxylic acids is 1. The van der Waals surface area contributed by atoms with Gasteiger partial charge in [-0.1, -0.05) is 140 Å². The molecule has 0 heterocycles. The van der Waals surface area contributed by atoms with E-state index in [4.69, 9.17) is 9.05 Å². The van der Waals surface area contributed by atoms with Gasteiger partial charge in [0, 0.05) is 6.42 Å². The Morgan fingerprint density at radius 1 is 0.714 bits per heavy atom. The van der Waals surface area contributed by atoms with Gasteiger partial charge >= 0.3 is 7.82 Å². The van der Waals surface area contributed by atoms with Gasteiger partial charge in [0.1, 0.15) is 13.2 Å². The van der Waals surface area contributed by atoms with Gasteiger partial charge in [-0.25, -0.2) is 4.57 Å². The maximum atomic E-state index is 12.8. The second kappa shape index (κ2) is 32.4. The molecule has 3 N–H and O–H groups in total. The fraction of sp³-hybridized carbons (Fsp3) is 0.775. The van der Waals surface area contributed by atoms with Crippen molar-refractivity contribution in [2.45, 2.75) is 161 Å². The molecule has 0 aliphatic heterocycles. The minimum Gasteiger partial charge on any atom is -0.387 e. The number of hydrogen-bond donors (Lipinski definition) is 3. The molecule has 9 heteroatoms. The number of hydrogen-bond acceptors (Lipinski definition) is 5. The zero-order valence-electron chi connectivity index (χ0n) is 32.2. The molecule has 3 unspecified atom stereocenters. The average molecular weight is 712 g/mol. The summed E-state index contributed by atoms with van der Waals surface area (Å²) in [5.41, 5.74) is 0. The highest BCUT2D eigenvalue weighted by Gasteiger charge is 2.27. The Morgan fingerprint density at radius 3 is 1.80 bits per heavy atom. The van der Waals surface area contributed by atoms with Gasteiger partial charge in [-0.2, -0.15) is 0 Å². The minimum atomic E-state index is -4.34. The first kappa shape index (κ1) is 47.5. The Hall–Kier alpha value is -1.54. The van der Waals surface area contributed by atoms with Crippen molar-refractivity contribution in [1.29, 1.82) is 0 Å². The number of unbranched alkanes of at least 4 members (excludes halogenated alkanes) is 15. The molecule has 0 saturated carbocycles. The van der Waals surface area contributed by atoms with Crippen molar-refractivity contribution in [2.75, 3.05) is 40.9 Å². The van der Waals surface area contributed by atoms with Gasteiger partial charge in [-0.05, 0) is 51.4 Å². The Labute approximate surface area is 301 Å². The molecule has 0 saturated heterocycles. The van der Waals surface area contributed by atoms with Gasteiger partial charge in [0.2, 0.25) is 5.91 Å². The predicted octanol–water partition coefficient (Wildman–Crippen LogP) is 10.1. The normalized spacial score (nSPS) is 15.2. The Balaban J connectivity index is 4.59. The summed E-state index contributed by atoms with van der Waals surface area (Å²) in [6, 6.07) is -0.860. The predicted molar refractivity (Wildman–Crippen MR) is 207 cm³/mol. The van der Waals surface area contributed by atoms with E-state index in [-0.39, 0.29) is 19.1 Å². The number of rotatable bonds is 34. The number of carbonyl (C=O) groups is 1. The van der Waals surface area contributed by atoms with Crippen LogP contribution in [0.5, 0.6) is 0 Å². The molecule has 0 radical (unpaired) electrons. The number of quaternary nitrogens is 1. The minimum absolute atomic E-state index is 0.0539. The highest BCUT2D eigenvalue weighted by atomic mass is 31.2. The summed E-state index contributed by atoms with van der Waals surface area (Å²) in [6.45, 7) is 4.64. The number of phosphoric acid groups is 1. The number of nitrogens with one attached hydrogen (secondary N) is 1. The molecule has 286 valence electrons. The maximum absolute atomic E-state index is 12.8. The van der Waals surface area contributed by atoms with Crippen molar-refractivity contribution in [2.24, 2.45) is 0 Å². The number of allylic oxidation sites excluding steroid dienone is 7. The highest BCUT2D eigenvalue weighted by molar-refractivity contribution is 7.47. The molecular formula is C40H76N2O6P+. The fourth-order valence-electron chi connectivity index (χ4n) is 5.17. The van der Waals surface area contributed by atoms with Crippen molar-refractivity contribution in [3.63, 3.8) is 0 Å². The van der Waals surface area contributed by atoms with E-state index >= 15 is 0 Å². The van der Waals surface area contributed by atoms with E-state index in [0.29, 0.717) is 17.4 Å². The third-order valence-corrected chi connectivity index (χ3v) is 9.29. The lowest BCUT2D eigenvalue weighted by Crippen LogP contribution is -2.45. The summed E-state index contributed by atoms with van der Waals surface area (Å²) in [4.78, 5) is 23.0. The lowest BCUT2D eigenvalue weighted by atomic mass is 10.0. The van der Waals surface area contributed by atoms with E-state index in [9.17, 15) is 19.4 Å². The summed E-state index contributed by atoms with van der Waals surface area (Å²) >= 11 is 0. The number of amides is 1. The van der Waals surface area contributed by atoms with Crippen molar-refractivity contribution < 1.29 is 32.9 Å². The first-order valence-electron chi connectivity index (χ1n) is 19.5. The Morgan fingerprint density at radius 2 is 1.22 bits per heavy atom. The van der Waals surface area contributed by atoms with Crippen LogP contribution in [0.2, 0.25) is 0 Å². The summed E-state index contributed by atoms with van der Waals surface area (Å²) < 4.78 is 23.4. The van der Waals surface area contributed by atoms with E-state index in [1.807, 2.05) is 27.2 Å². The van der Waals surface area contributed by atoms with E-state index in [1.165, 1.54) is 64.2 Å². The van der Waals surface area contributed by atoms with Gasteiger partial charge < -0.3 is 19.8 Å². The molecule has 1 amide bonds. The maximum Gasteiger partial charge on any atom is 0.472 e.